The molecule has 128 valence electrons. The first-order valence-electron chi connectivity index (χ1n) is 7.86. The summed E-state index contributed by atoms with van der Waals surface area (Å²) in [5, 5.41) is 16.1. The summed E-state index contributed by atoms with van der Waals surface area (Å²) in [7, 11) is 0. The number of hydrogen-bond donors (Lipinski definition) is 1. The van der Waals surface area contributed by atoms with Gasteiger partial charge in [-0.05, 0) is 55.8 Å². The molecule has 25 heavy (non-hydrogen) atoms. The predicted octanol–water partition coefficient (Wildman–Crippen LogP) is 4.88. The third-order valence-corrected chi connectivity index (χ3v) is 4.71. The Balaban J connectivity index is 2.08. The number of halogens is 1. The summed E-state index contributed by atoms with van der Waals surface area (Å²) < 4.78 is 2.88. The van der Waals surface area contributed by atoms with E-state index in [9.17, 15) is 5.11 Å². The Labute approximate surface area is 158 Å². The van der Waals surface area contributed by atoms with Gasteiger partial charge in [0.25, 0.3) is 0 Å². The van der Waals surface area contributed by atoms with Crippen LogP contribution in [0.2, 0.25) is 0 Å². The first-order valence-corrected chi connectivity index (χ1v) is 9.54. The third-order valence-electron chi connectivity index (χ3n) is 3.39. The fourth-order valence-corrected chi connectivity index (χ4v) is 3.62. The SMILES string of the molecule is CC(C)N=c1scc(-c2cccc(Br)c2)n1N=Cc1ccc(O)cc1. The lowest BCUT2D eigenvalue weighted by Crippen LogP contribution is -2.14. The molecule has 0 radical (unpaired) electrons. The van der Waals surface area contributed by atoms with Crippen molar-refractivity contribution in [2.75, 3.05) is 0 Å². The van der Waals surface area contributed by atoms with E-state index >= 15 is 0 Å². The summed E-state index contributed by atoms with van der Waals surface area (Å²) in [6.07, 6.45) is 1.77. The molecule has 1 heterocycles. The van der Waals surface area contributed by atoms with Gasteiger partial charge in [-0.15, -0.1) is 11.3 Å². The van der Waals surface area contributed by atoms with E-state index in [1.54, 1.807) is 29.7 Å². The van der Waals surface area contributed by atoms with Gasteiger partial charge in [0.05, 0.1) is 11.9 Å². The Kier molecular flexibility index (Phi) is 5.50. The fraction of sp³-hybridized carbons (Fsp3) is 0.158. The minimum absolute atomic E-state index is 0.184. The van der Waals surface area contributed by atoms with Crippen LogP contribution >= 0.6 is 27.3 Å². The lowest BCUT2D eigenvalue weighted by molar-refractivity contribution is 0.475. The van der Waals surface area contributed by atoms with Crippen molar-refractivity contribution in [2.24, 2.45) is 10.1 Å². The van der Waals surface area contributed by atoms with E-state index in [2.05, 4.69) is 43.5 Å². The Hall–Kier alpha value is -2.18. The number of phenolic OH excluding ortho intramolecular Hbond substituents is 1. The molecule has 0 aliphatic rings. The van der Waals surface area contributed by atoms with Gasteiger partial charge < -0.3 is 5.11 Å². The Bertz CT molecular complexity index is 955. The molecule has 0 amide bonds. The number of hydrogen-bond acceptors (Lipinski definition) is 4. The maximum absolute atomic E-state index is 9.40. The summed E-state index contributed by atoms with van der Waals surface area (Å²) in [5.74, 6) is 0.241. The number of nitrogens with zero attached hydrogens (tertiary/aromatic N) is 3. The normalized spacial score (nSPS) is 12.4. The molecule has 3 aromatic rings. The average Bonchev–Trinajstić information content (AvgIpc) is 2.96. The van der Waals surface area contributed by atoms with Crippen LogP contribution in [0.4, 0.5) is 0 Å². The van der Waals surface area contributed by atoms with Gasteiger partial charge in [-0.1, -0.05) is 28.1 Å². The third kappa shape index (κ3) is 4.46. The molecule has 0 atom stereocenters. The average molecular weight is 416 g/mol. The highest BCUT2D eigenvalue weighted by molar-refractivity contribution is 9.10. The topological polar surface area (TPSA) is 49.9 Å². The Morgan fingerprint density at radius 2 is 1.92 bits per heavy atom. The van der Waals surface area contributed by atoms with Crippen LogP contribution in [-0.4, -0.2) is 22.0 Å². The summed E-state index contributed by atoms with van der Waals surface area (Å²) in [5.41, 5.74) is 2.96. The minimum Gasteiger partial charge on any atom is -0.508 e. The largest absolute Gasteiger partial charge is 0.508 e. The summed E-state index contributed by atoms with van der Waals surface area (Å²) >= 11 is 5.09. The summed E-state index contributed by atoms with van der Waals surface area (Å²) in [4.78, 5) is 5.52. The molecule has 1 aromatic heterocycles. The lowest BCUT2D eigenvalue weighted by atomic mass is 10.2. The van der Waals surface area contributed by atoms with Crippen LogP contribution in [0.5, 0.6) is 5.75 Å². The van der Waals surface area contributed by atoms with Crippen LogP contribution in [0.15, 0.2) is 68.5 Å². The maximum Gasteiger partial charge on any atom is 0.206 e. The smallest absolute Gasteiger partial charge is 0.206 e. The second-order valence-electron chi connectivity index (χ2n) is 5.78. The first-order chi connectivity index (χ1) is 12.0. The zero-order valence-corrected chi connectivity index (χ0v) is 16.3. The van der Waals surface area contributed by atoms with E-state index in [-0.39, 0.29) is 11.8 Å². The van der Waals surface area contributed by atoms with E-state index in [4.69, 9.17) is 0 Å². The number of benzene rings is 2. The second-order valence-corrected chi connectivity index (χ2v) is 7.54. The molecule has 3 rings (SSSR count). The number of rotatable bonds is 4. The van der Waals surface area contributed by atoms with Crippen molar-refractivity contribution in [3.63, 3.8) is 0 Å². The van der Waals surface area contributed by atoms with Crippen LogP contribution < -0.4 is 4.80 Å². The molecule has 0 aliphatic heterocycles. The summed E-state index contributed by atoms with van der Waals surface area (Å²) in [6, 6.07) is 15.2. The number of phenols is 1. The van der Waals surface area contributed by atoms with Crippen LogP contribution in [-0.2, 0) is 0 Å². The maximum atomic E-state index is 9.40. The monoisotopic (exact) mass is 415 g/mol. The van der Waals surface area contributed by atoms with Gasteiger partial charge in [0, 0.05) is 21.5 Å². The minimum atomic E-state index is 0.184. The Morgan fingerprint density at radius 1 is 1.16 bits per heavy atom. The van der Waals surface area contributed by atoms with Crippen LogP contribution in [0.1, 0.15) is 19.4 Å². The van der Waals surface area contributed by atoms with Crippen LogP contribution in [0.25, 0.3) is 11.3 Å². The van der Waals surface area contributed by atoms with E-state index < -0.39 is 0 Å². The molecule has 0 bridgehead atoms. The van der Waals surface area contributed by atoms with E-state index in [1.807, 2.05) is 42.8 Å². The highest BCUT2D eigenvalue weighted by Gasteiger charge is 2.08. The van der Waals surface area contributed by atoms with Crippen LogP contribution in [0.3, 0.4) is 0 Å². The molecular formula is C19H18BrN3OS. The van der Waals surface area contributed by atoms with Crippen molar-refractivity contribution in [3.8, 4) is 17.0 Å². The molecule has 0 fully saturated rings. The van der Waals surface area contributed by atoms with Gasteiger partial charge >= 0.3 is 0 Å². The van der Waals surface area contributed by atoms with Crippen molar-refractivity contribution < 1.29 is 5.11 Å². The predicted molar refractivity (Wildman–Crippen MR) is 107 cm³/mol. The lowest BCUT2D eigenvalue weighted by Gasteiger charge is -2.05. The molecule has 0 saturated carbocycles. The molecule has 1 N–H and O–H groups in total. The van der Waals surface area contributed by atoms with Gasteiger partial charge in [0.1, 0.15) is 5.75 Å². The Morgan fingerprint density at radius 3 is 2.60 bits per heavy atom. The van der Waals surface area contributed by atoms with Gasteiger partial charge in [-0.3, -0.25) is 4.99 Å². The summed E-state index contributed by atoms with van der Waals surface area (Å²) in [6.45, 7) is 4.10. The highest BCUT2D eigenvalue weighted by Crippen LogP contribution is 2.23. The van der Waals surface area contributed by atoms with Crippen molar-refractivity contribution >= 4 is 33.5 Å². The van der Waals surface area contributed by atoms with Gasteiger partial charge in [-0.25, -0.2) is 4.68 Å². The van der Waals surface area contributed by atoms with Crippen molar-refractivity contribution in [2.45, 2.75) is 19.9 Å². The van der Waals surface area contributed by atoms with Crippen molar-refractivity contribution in [1.29, 1.82) is 0 Å². The zero-order chi connectivity index (χ0) is 17.8. The van der Waals surface area contributed by atoms with E-state index in [1.165, 1.54) is 0 Å². The van der Waals surface area contributed by atoms with Gasteiger partial charge in [0.2, 0.25) is 4.80 Å². The second kappa shape index (κ2) is 7.80. The quantitative estimate of drug-likeness (QED) is 0.606. The van der Waals surface area contributed by atoms with Crippen molar-refractivity contribution in [3.05, 3.63) is 68.7 Å². The molecule has 0 aliphatic carbocycles. The standard InChI is InChI=1S/C19H18BrN3OS/c1-13(2)22-19-23(21-11-14-6-8-17(24)9-7-14)18(12-25-19)15-4-3-5-16(20)10-15/h3-13,24H,1-2H3. The highest BCUT2D eigenvalue weighted by atomic mass is 79.9. The van der Waals surface area contributed by atoms with E-state index in [0.29, 0.717) is 0 Å². The van der Waals surface area contributed by atoms with Gasteiger partial charge in [-0.2, -0.15) is 5.10 Å². The zero-order valence-electron chi connectivity index (χ0n) is 13.9. The number of aromatic nitrogens is 1. The fourth-order valence-electron chi connectivity index (χ4n) is 2.25. The molecule has 0 unspecified atom stereocenters. The first kappa shape index (κ1) is 17.6. The van der Waals surface area contributed by atoms with Gasteiger partial charge in [0.15, 0.2) is 0 Å². The number of thiazole rings is 1. The molecule has 4 nitrogen and oxygen atoms in total. The number of aromatic hydroxyl groups is 1. The molecule has 2 aromatic carbocycles. The molecule has 6 heteroatoms. The molecule has 0 spiro atoms. The van der Waals surface area contributed by atoms with Crippen molar-refractivity contribution in [1.82, 2.24) is 4.68 Å². The van der Waals surface area contributed by atoms with E-state index in [0.717, 1.165) is 26.1 Å². The van der Waals surface area contributed by atoms with Crippen LogP contribution in [0, 0.1) is 0 Å². The molecular weight excluding hydrogens is 398 g/mol. The molecule has 0 saturated heterocycles.